The summed E-state index contributed by atoms with van der Waals surface area (Å²) in [6.45, 7) is 3.14. The molecule has 0 unspecified atom stereocenters. The van der Waals surface area contributed by atoms with Crippen LogP contribution >= 0.6 is 35.6 Å². The van der Waals surface area contributed by atoms with E-state index in [4.69, 9.17) is 27.9 Å². The zero-order valence-electron chi connectivity index (χ0n) is 15.4. The lowest BCUT2D eigenvalue weighted by Gasteiger charge is -2.20. The Hall–Kier alpha value is -1.26. The van der Waals surface area contributed by atoms with E-state index < -0.39 is 0 Å². The van der Waals surface area contributed by atoms with Crippen LogP contribution in [0.15, 0.2) is 48.5 Å². The predicted molar refractivity (Wildman–Crippen MR) is 115 cm³/mol. The minimum atomic E-state index is -0.110. The number of benzene rings is 2. The van der Waals surface area contributed by atoms with E-state index in [0.29, 0.717) is 13.0 Å². The first-order chi connectivity index (χ1) is 12.6. The Labute approximate surface area is 177 Å². The van der Waals surface area contributed by atoms with E-state index in [-0.39, 0.29) is 24.4 Å². The molecule has 0 spiro atoms. The van der Waals surface area contributed by atoms with Crippen LogP contribution in [-0.2, 0) is 9.53 Å². The van der Waals surface area contributed by atoms with Crippen molar-refractivity contribution in [2.45, 2.75) is 38.6 Å². The van der Waals surface area contributed by atoms with Gasteiger partial charge in [0.05, 0.1) is 12.6 Å². The Balaban J connectivity index is 0.00000364. The van der Waals surface area contributed by atoms with Gasteiger partial charge < -0.3 is 10.1 Å². The molecule has 0 aliphatic rings. The Morgan fingerprint density at radius 3 is 1.93 bits per heavy atom. The van der Waals surface area contributed by atoms with Gasteiger partial charge in [-0.05, 0) is 61.7 Å². The number of ether oxygens (including phenoxy) is 1. The highest BCUT2D eigenvalue weighted by atomic mass is 35.5. The van der Waals surface area contributed by atoms with Crippen molar-refractivity contribution in [3.63, 3.8) is 0 Å². The molecule has 0 saturated carbocycles. The minimum absolute atomic E-state index is 0. The molecule has 3 nitrogen and oxygen atoms in total. The Kier molecular flexibility index (Phi) is 11.5. The van der Waals surface area contributed by atoms with Crippen LogP contribution in [0.3, 0.4) is 0 Å². The number of carbonyl (C=O) groups is 1. The van der Waals surface area contributed by atoms with E-state index in [9.17, 15) is 4.79 Å². The first kappa shape index (κ1) is 23.8. The summed E-state index contributed by atoms with van der Waals surface area (Å²) >= 11 is 12.0. The van der Waals surface area contributed by atoms with Crippen LogP contribution in [0.5, 0.6) is 0 Å². The van der Waals surface area contributed by atoms with Gasteiger partial charge in [-0.1, -0.05) is 53.9 Å². The van der Waals surface area contributed by atoms with E-state index in [2.05, 4.69) is 5.32 Å². The summed E-state index contributed by atoms with van der Waals surface area (Å²) in [6.07, 6.45) is 3.33. The first-order valence-electron chi connectivity index (χ1n) is 9.00. The molecular weight excluding hydrogens is 405 g/mol. The van der Waals surface area contributed by atoms with Crippen molar-refractivity contribution in [2.24, 2.45) is 0 Å². The van der Waals surface area contributed by atoms with Crippen molar-refractivity contribution in [2.75, 3.05) is 13.2 Å². The molecule has 1 N–H and O–H groups in total. The maximum atomic E-state index is 11.3. The summed E-state index contributed by atoms with van der Waals surface area (Å²) in [5.74, 6) is -0.110. The number of unbranched alkanes of at least 4 members (excludes halogenated alkanes) is 2. The lowest BCUT2D eigenvalue weighted by Crippen LogP contribution is -2.23. The summed E-state index contributed by atoms with van der Waals surface area (Å²) in [7, 11) is 0. The SMILES string of the molecule is CCOC(=O)CCCCCNC(c1ccc(Cl)cc1)c1ccc(Cl)cc1.Cl. The van der Waals surface area contributed by atoms with Crippen molar-refractivity contribution in [1.82, 2.24) is 5.32 Å². The molecule has 2 rings (SSSR count). The maximum Gasteiger partial charge on any atom is 0.305 e. The van der Waals surface area contributed by atoms with Crippen molar-refractivity contribution in [3.8, 4) is 0 Å². The summed E-state index contributed by atoms with van der Waals surface area (Å²) in [6, 6.07) is 15.8. The number of hydrogen-bond acceptors (Lipinski definition) is 3. The van der Waals surface area contributed by atoms with Gasteiger partial charge in [0.25, 0.3) is 0 Å². The van der Waals surface area contributed by atoms with Crippen LogP contribution in [0.4, 0.5) is 0 Å². The van der Waals surface area contributed by atoms with Gasteiger partial charge in [-0.25, -0.2) is 0 Å². The van der Waals surface area contributed by atoms with Crippen LogP contribution in [0.2, 0.25) is 10.0 Å². The third-order valence-corrected chi connectivity index (χ3v) is 4.62. The van der Waals surface area contributed by atoms with E-state index in [1.54, 1.807) is 0 Å². The van der Waals surface area contributed by atoms with Crippen LogP contribution < -0.4 is 5.32 Å². The molecular formula is C21H26Cl3NO2. The number of halogens is 3. The molecule has 0 radical (unpaired) electrons. The second kappa shape index (κ2) is 13.0. The van der Waals surface area contributed by atoms with Gasteiger partial charge in [-0.3, -0.25) is 4.79 Å². The number of rotatable bonds is 10. The third kappa shape index (κ3) is 8.52. The highest BCUT2D eigenvalue weighted by Gasteiger charge is 2.13. The summed E-state index contributed by atoms with van der Waals surface area (Å²) in [5.41, 5.74) is 2.31. The van der Waals surface area contributed by atoms with Crippen molar-refractivity contribution in [3.05, 3.63) is 69.7 Å². The molecule has 0 amide bonds. The monoisotopic (exact) mass is 429 g/mol. The molecule has 0 atom stereocenters. The molecule has 27 heavy (non-hydrogen) atoms. The van der Waals surface area contributed by atoms with Crippen molar-refractivity contribution < 1.29 is 9.53 Å². The summed E-state index contributed by atoms with van der Waals surface area (Å²) in [5, 5.41) is 5.05. The Bertz CT molecular complexity index is 629. The van der Waals surface area contributed by atoms with Gasteiger partial charge in [-0.15, -0.1) is 12.4 Å². The van der Waals surface area contributed by atoms with Crippen LogP contribution in [0, 0.1) is 0 Å². The molecule has 0 heterocycles. The second-order valence-electron chi connectivity index (χ2n) is 6.11. The molecule has 0 aromatic heterocycles. The molecule has 148 valence electrons. The second-order valence-corrected chi connectivity index (χ2v) is 6.98. The fourth-order valence-electron chi connectivity index (χ4n) is 2.79. The molecule has 2 aromatic carbocycles. The average Bonchev–Trinajstić information content (AvgIpc) is 2.63. The zero-order valence-corrected chi connectivity index (χ0v) is 17.7. The van der Waals surface area contributed by atoms with Crippen LogP contribution in [0.25, 0.3) is 0 Å². The lowest BCUT2D eigenvalue weighted by molar-refractivity contribution is -0.143. The molecule has 6 heteroatoms. The van der Waals surface area contributed by atoms with E-state index >= 15 is 0 Å². The van der Waals surface area contributed by atoms with Crippen molar-refractivity contribution in [1.29, 1.82) is 0 Å². The molecule has 0 saturated heterocycles. The fraction of sp³-hybridized carbons (Fsp3) is 0.381. The largest absolute Gasteiger partial charge is 0.466 e. The van der Waals surface area contributed by atoms with E-state index in [1.165, 1.54) is 0 Å². The van der Waals surface area contributed by atoms with Crippen molar-refractivity contribution >= 4 is 41.6 Å². The maximum absolute atomic E-state index is 11.3. The number of hydrogen-bond donors (Lipinski definition) is 1. The van der Waals surface area contributed by atoms with Gasteiger partial charge in [0.1, 0.15) is 0 Å². The number of esters is 1. The van der Waals surface area contributed by atoms with E-state index in [0.717, 1.165) is 47.0 Å². The number of carbonyl (C=O) groups excluding carboxylic acids is 1. The number of nitrogens with one attached hydrogen (secondary N) is 1. The lowest BCUT2D eigenvalue weighted by atomic mass is 9.98. The Morgan fingerprint density at radius 1 is 0.926 bits per heavy atom. The fourth-order valence-corrected chi connectivity index (χ4v) is 3.04. The highest BCUT2D eigenvalue weighted by molar-refractivity contribution is 6.30. The average molecular weight is 431 g/mol. The van der Waals surface area contributed by atoms with Crippen LogP contribution in [-0.4, -0.2) is 19.1 Å². The normalized spacial score (nSPS) is 10.5. The van der Waals surface area contributed by atoms with Gasteiger partial charge >= 0.3 is 5.97 Å². The molecule has 2 aromatic rings. The third-order valence-electron chi connectivity index (χ3n) is 4.12. The molecule has 0 aliphatic heterocycles. The van der Waals surface area contributed by atoms with Gasteiger partial charge in [0.15, 0.2) is 0 Å². The minimum Gasteiger partial charge on any atom is -0.466 e. The van der Waals surface area contributed by atoms with E-state index in [1.807, 2.05) is 55.5 Å². The summed E-state index contributed by atoms with van der Waals surface area (Å²) in [4.78, 5) is 11.3. The van der Waals surface area contributed by atoms with Crippen LogP contribution in [0.1, 0.15) is 49.8 Å². The smallest absolute Gasteiger partial charge is 0.305 e. The molecule has 0 fully saturated rings. The highest BCUT2D eigenvalue weighted by Crippen LogP contribution is 2.25. The standard InChI is InChI=1S/C21H25Cl2NO2.ClH/c1-2-26-20(25)6-4-3-5-15-24-21(16-7-11-18(22)12-8-16)17-9-13-19(23)14-10-17;/h7-14,21,24H,2-6,15H2,1H3;1H. The van der Waals surface area contributed by atoms with Gasteiger partial charge in [0, 0.05) is 16.5 Å². The molecule has 0 aliphatic carbocycles. The quantitative estimate of drug-likeness (QED) is 0.359. The Morgan fingerprint density at radius 2 is 1.44 bits per heavy atom. The van der Waals surface area contributed by atoms with Gasteiger partial charge in [-0.2, -0.15) is 0 Å². The topological polar surface area (TPSA) is 38.3 Å². The van der Waals surface area contributed by atoms with Gasteiger partial charge in [0.2, 0.25) is 0 Å². The zero-order chi connectivity index (χ0) is 18.8. The first-order valence-corrected chi connectivity index (χ1v) is 9.75. The molecule has 0 bridgehead atoms. The predicted octanol–water partition coefficient (Wildman–Crippen LogP) is 6.22. The summed E-state index contributed by atoms with van der Waals surface area (Å²) < 4.78 is 4.95.